The number of hydrogen-bond acceptors (Lipinski definition) is 1. The Morgan fingerprint density at radius 3 is 2.67 bits per heavy atom. The van der Waals surface area contributed by atoms with Gasteiger partial charge in [0.1, 0.15) is 5.82 Å². The molecule has 0 radical (unpaired) electrons. The van der Waals surface area contributed by atoms with Crippen molar-refractivity contribution in [3.8, 4) is 0 Å². The molecule has 0 heterocycles. The van der Waals surface area contributed by atoms with Gasteiger partial charge in [-0.2, -0.15) is 0 Å². The first-order valence-corrected chi connectivity index (χ1v) is 8.50. The van der Waals surface area contributed by atoms with E-state index in [1.807, 2.05) is 6.92 Å². The van der Waals surface area contributed by atoms with Gasteiger partial charge in [0.25, 0.3) is 0 Å². The van der Waals surface area contributed by atoms with Gasteiger partial charge < -0.3 is 5.32 Å². The fraction of sp³-hybridized carbons (Fsp3) is 0.684. The lowest BCUT2D eigenvalue weighted by Crippen LogP contribution is -2.32. The molecular weight excluding hydrogens is 261 g/mol. The zero-order valence-corrected chi connectivity index (χ0v) is 14.0. The third-order valence-corrected chi connectivity index (χ3v) is 4.94. The summed E-state index contributed by atoms with van der Waals surface area (Å²) in [7, 11) is 0. The molecule has 1 aromatic carbocycles. The first-order chi connectivity index (χ1) is 10.0. The number of hydrogen-bond donors (Lipinski definition) is 1. The lowest BCUT2D eigenvalue weighted by atomic mass is 9.70. The highest BCUT2D eigenvalue weighted by Crippen LogP contribution is 2.42. The van der Waals surface area contributed by atoms with Gasteiger partial charge in [0.15, 0.2) is 0 Å². The van der Waals surface area contributed by atoms with E-state index >= 15 is 0 Å². The van der Waals surface area contributed by atoms with Crippen molar-refractivity contribution in [2.75, 3.05) is 13.1 Å². The molecule has 1 aromatic rings. The summed E-state index contributed by atoms with van der Waals surface area (Å²) in [6, 6.07) is 3.84. The zero-order chi connectivity index (χ0) is 15.4. The van der Waals surface area contributed by atoms with Gasteiger partial charge in [0.2, 0.25) is 0 Å². The van der Waals surface area contributed by atoms with E-state index in [9.17, 15) is 4.39 Å². The number of benzene rings is 1. The molecule has 0 bridgehead atoms. The van der Waals surface area contributed by atoms with Crippen LogP contribution in [0, 0.1) is 31.5 Å². The largest absolute Gasteiger partial charge is 0.316 e. The van der Waals surface area contributed by atoms with E-state index in [1.165, 1.54) is 12.8 Å². The van der Waals surface area contributed by atoms with E-state index in [4.69, 9.17) is 0 Å². The van der Waals surface area contributed by atoms with Crippen LogP contribution in [-0.2, 0) is 0 Å². The molecule has 3 unspecified atom stereocenters. The standard InChI is InChI=1S/C19H30FN/c1-5-8-21-12-16-7-6-13(2)10-17(16)19-15(4)9-14(3)11-18(19)20/h9,11,13,16-17,21H,5-8,10,12H2,1-4H3. The van der Waals surface area contributed by atoms with E-state index in [0.717, 1.165) is 42.6 Å². The van der Waals surface area contributed by atoms with Crippen LogP contribution in [0.15, 0.2) is 12.1 Å². The minimum absolute atomic E-state index is 0.00657. The lowest BCUT2D eigenvalue weighted by Gasteiger charge is -2.36. The molecule has 118 valence electrons. The van der Waals surface area contributed by atoms with Crippen LogP contribution < -0.4 is 5.32 Å². The Kier molecular flexibility index (Phi) is 5.80. The number of halogens is 1. The summed E-state index contributed by atoms with van der Waals surface area (Å²) in [4.78, 5) is 0. The van der Waals surface area contributed by atoms with Crippen LogP contribution in [0.3, 0.4) is 0 Å². The fourth-order valence-corrected chi connectivity index (χ4v) is 3.90. The van der Waals surface area contributed by atoms with Crippen molar-refractivity contribution in [1.82, 2.24) is 5.32 Å². The maximum absolute atomic E-state index is 14.6. The molecule has 2 heteroatoms. The van der Waals surface area contributed by atoms with Gasteiger partial charge >= 0.3 is 0 Å². The second-order valence-electron chi connectivity index (χ2n) is 6.97. The molecule has 0 amide bonds. The predicted octanol–water partition coefficient (Wildman–Crippen LogP) is 4.96. The normalized spacial score (nSPS) is 26.0. The van der Waals surface area contributed by atoms with Crippen molar-refractivity contribution in [2.24, 2.45) is 11.8 Å². The van der Waals surface area contributed by atoms with E-state index in [2.05, 4.69) is 32.2 Å². The highest BCUT2D eigenvalue weighted by atomic mass is 19.1. The van der Waals surface area contributed by atoms with Crippen LogP contribution in [0.4, 0.5) is 4.39 Å². The van der Waals surface area contributed by atoms with Crippen molar-refractivity contribution in [3.05, 3.63) is 34.6 Å². The molecule has 3 atom stereocenters. The lowest BCUT2D eigenvalue weighted by molar-refractivity contribution is 0.237. The van der Waals surface area contributed by atoms with Crippen molar-refractivity contribution >= 4 is 0 Å². The summed E-state index contributed by atoms with van der Waals surface area (Å²) < 4.78 is 14.6. The number of aryl methyl sites for hydroxylation is 2. The Morgan fingerprint density at radius 2 is 2.00 bits per heavy atom. The average Bonchev–Trinajstić information content (AvgIpc) is 2.40. The summed E-state index contributed by atoms with van der Waals surface area (Å²) in [6.45, 7) is 10.6. The number of rotatable bonds is 5. The van der Waals surface area contributed by atoms with Crippen molar-refractivity contribution in [2.45, 2.75) is 59.3 Å². The summed E-state index contributed by atoms with van der Waals surface area (Å²) in [5.41, 5.74) is 3.14. The topological polar surface area (TPSA) is 12.0 Å². The van der Waals surface area contributed by atoms with Gasteiger partial charge in [0, 0.05) is 0 Å². The Bertz CT molecular complexity index is 446. The van der Waals surface area contributed by atoms with Gasteiger partial charge in [-0.15, -0.1) is 0 Å². The van der Waals surface area contributed by atoms with Crippen molar-refractivity contribution < 1.29 is 4.39 Å². The molecule has 0 aliphatic heterocycles. The molecular formula is C19H30FN. The third kappa shape index (κ3) is 4.06. The smallest absolute Gasteiger partial charge is 0.127 e. The first kappa shape index (κ1) is 16.5. The van der Waals surface area contributed by atoms with Crippen LogP contribution in [0.25, 0.3) is 0 Å². The molecule has 1 fully saturated rings. The van der Waals surface area contributed by atoms with Crippen molar-refractivity contribution in [1.29, 1.82) is 0 Å². The quantitative estimate of drug-likeness (QED) is 0.756. The molecule has 1 N–H and O–H groups in total. The van der Waals surface area contributed by atoms with E-state index in [-0.39, 0.29) is 5.82 Å². The van der Waals surface area contributed by atoms with Gasteiger partial charge in [-0.3, -0.25) is 0 Å². The molecule has 0 aromatic heterocycles. The van der Waals surface area contributed by atoms with Crippen LogP contribution in [0.1, 0.15) is 62.1 Å². The Morgan fingerprint density at radius 1 is 1.24 bits per heavy atom. The molecule has 21 heavy (non-hydrogen) atoms. The highest BCUT2D eigenvalue weighted by molar-refractivity contribution is 5.35. The molecule has 0 spiro atoms. The molecule has 0 saturated heterocycles. The van der Waals surface area contributed by atoms with Crippen molar-refractivity contribution in [3.63, 3.8) is 0 Å². The summed E-state index contributed by atoms with van der Waals surface area (Å²) in [5.74, 6) is 1.66. The predicted molar refractivity (Wildman–Crippen MR) is 88.3 cm³/mol. The van der Waals surface area contributed by atoms with E-state index < -0.39 is 0 Å². The Balaban J connectivity index is 2.23. The highest BCUT2D eigenvalue weighted by Gasteiger charge is 2.32. The first-order valence-electron chi connectivity index (χ1n) is 8.50. The molecule has 1 aliphatic carbocycles. The summed E-state index contributed by atoms with van der Waals surface area (Å²) in [6.07, 6.45) is 4.78. The van der Waals surface area contributed by atoms with Crippen LogP contribution in [0.5, 0.6) is 0 Å². The van der Waals surface area contributed by atoms with E-state index in [0.29, 0.717) is 17.8 Å². The second kappa shape index (κ2) is 7.40. The van der Waals surface area contributed by atoms with Gasteiger partial charge in [-0.05, 0) is 86.7 Å². The van der Waals surface area contributed by atoms with Gasteiger partial charge in [-0.25, -0.2) is 4.39 Å². The zero-order valence-electron chi connectivity index (χ0n) is 14.0. The molecule has 1 aliphatic rings. The van der Waals surface area contributed by atoms with Crippen LogP contribution >= 0.6 is 0 Å². The third-order valence-electron chi connectivity index (χ3n) is 4.94. The summed E-state index contributed by atoms with van der Waals surface area (Å²) >= 11 is 0. The van der Waals surface area contributed by atoms with Crippen LogP contribution in [-0.4, -0.2) is 13.1 Å². The van der Waals surface area contributed by atoms with Crippen LogP contribution in [0.2, 0.25) is 0 Å². The Labute approximate surface area is 129 Å². The number of nitrogens with one attached hydrogen (secondary N) is 1. The molecule has 1 nitrogen and oxygen atoms in total. The SMILES string of the molecule is CCCNCC1CCC(C)CC1c1c(C)cc(C)cc1F. The second-order valence-corrected chi connectivity index (χ2v) is 6.97. The minimum Gasteiger partial charge on any atom is -0.316 e. The van der Waals surface area contributed by atoms with E-state index in [1.54, 1.807) is 6.07 Å². The van der Waals surface area contributed by atoms with Gasteiger partial charge in [-0.1, -0.05) is 26.3 Å². The molecule has 2 rings (SSSR count). The average molecular weight is 291 g/mol. The fourth-order valence-electron chi connectivity index (χ4n) is 3.90. The monoisotopic (exact) mass is 291 g/mol. The Hall–Kier alpha value is -0.890. The minimum atomic E-state index is 0.00657. The summed E-state index contributed by atoms with van der Waals surface area (Å²) in [5, 5.41) is 3.55. The maximum atomic E-state index is 14.6. The van der Waals surface area contributed by atoms with Gasteiger partial charge in [0.05, 0.1) is 0 Å². The maximum Gasteiger partial charge on any atom is 0.127 e. The molecule has 1 saturated carbocycles.